The molecule has 0 unspecified atom stereocenters. The van der Waals surface area contributed by atoms with Crippen LogP contribution in [0.2, 0.25) is 0 Å². The Morgan fingerprint density at radius 2 is 1.93 bits per heavy atom. The van der Waals surface area contributed by atoms with E-state index in [0.717, 1.165) is 22.9 Å². The summed E-state index contributed by atoms with van der Waals surface area (Å²) >= 11 is 0. The fourth-order valence-corrected chi connectivity index (χ4v) is 4.81. The van der Waals surface area contributed by atoms with Crippen LogP contribution in [0.3, 0.4) is 0 Å². The molecule has 0 aliphatic carbocycles. The van der Waals surface area contributed by atoms with Crippen LogP contribution in [0, 0.1) is 5.92 Å². The van der Waals surface area contributed by atoms with Gasteiger partial charge in [0.25, 0.3) is 11.5 Å². The molecule has 1 fully saturated rings. The van der Waals surface area contributed by atoms with Crippen LogP contribution in [-0.2, 0) is 0 Å². The number of pyridine rings is 2. The van der Waals surface area contributed by atoms with Crippen molar-refractivity contribution < 1.29 is 9.90 Å². The van der Waals surface area contributed by atoms with Gasteiger partial charge in [0.15, 0.2) is 0 Å². The minimum atomic E-state index is -0.292. The lowest BCUT2D eigenvalue weighted by atomic mass is 9.78. The van der Waals surface area contributed by atoms with Gasteiger partial charge in [-0.25, -0.2) is 0 Å². The zero-order chi connectivity index (χ0) is 19.3. The Morgan fingerprint density at radius 1 is 1.11 bits per heavy atom. The van der Waals surface area contributed by atoms with E-state index in [1.807, 2.05) is 41.3 Å². The summed E-state index contributed by atoms with van der Waals surface area (Å²) in [6.45, 7) is 0.978. The minimum absolute atomic E-state index is 0.0563. The Hall–Kier alpha value is -2.99. The number of hydrogen-bond acceptors (Lipinski definition) is 4. The minimum Gasteiger partial charge on any atom is -0.394 e. The van der Waals surface area contributed by atoms with Gasteiger partial charge < -0.3 is 14.6 Å². The maximum absolute atomic E-state index is 13.2. The number of aliphatic hydroxyl groups excluding tert-OH is 1. The second-order valence-corrected chi connectivity index (χ2v) is 7.73. The number of benzene rings is 1. The van der Waals surface area contributed by atoms with Crippen molar-refractivity contribution in [1.82, 2.24) is 14.5 Å². The molecule has 0 spiro atoms. The number of aliphatic hydroxyl groups is 1. The fourth-order valence-electron chi connectivity index (χ4n) is 4.81. The third kappa shape index (κ3) is 2.64. The van der Waals surface area contributed by atoms with Crippen molar-refractivity contribution in [2.75, 3.05) is 19.7 Å². The van der Waals surface area contributed by atoms with Gasteiger partial charge in [-0.2, -0.15) is 0 Å². The van der Waals surface area contributed by atoms with Gasteiger partial charge >= 0.3 is 0 Å². The number of carbonyl (C=O) groups is 1. The number of nitrogens with zero attached hydrogens (tertiary/aromatic N) is 3. The van der Waals surface area contributed by atoms with Gasteiger partial charge in [0, 0.05) is 48.3 Å². The highest BCUT2D eigenvalue weighted by atomic mass is 16.3. The van der Waals surface area contributed by atoms with Crippen LogP contribution >= 0.6 is 0 Å². The molecule has 1 amide bonds. The SMILES string of the molecule is O=C(c1cc2ccccc2cn1)N1C[C@H]2C[C@@H](C1)[C@H](CO)n1c2cccc1=O. The van der Waals surface area contributed by atoms with Crippen molar-refractivity contribution >= 4 is 16.7 Å². The monoisotopic (exact) mass is 375 g/mol. The smallest absolute Gasteiger partial charge is 0.272 e. The summed E-state index contributed by atoms with van der Waals surface area (Å²) in [6, 6.07) is 14.6. The van der Waals surface area contributed by atoms with Crippen molar-refractivity contribution in [2.24, 2.45) is 5.92 Å². The van der Waals surface area contributed by atoms with E-state index in [1.165, 1.54) is 6.07 Å². The Bertz CT molecular complexity index is 1120. The predicted octanol–water partition coefficient (Wildman–Crippen LogP) is 2.19. The molecule has 142 valence electrons. The number of carbonyl (C=O) groups excluding carboxylic acids is 1. The topological polar surface area (TPSA) is 75.4 Å². The first-order valence-electron chi connectivity index (χ1n) is 9.62. The summed E-state index contributed by atoms with van der Waals surface area (Å²) < 4.78 is 1.73. The van der Waals surface area contributed by atoms with Crippen LogP contribution in [-0.4, -0.2) is 45.2 Å². The molecule has 28 heavy (non-hydrogen) atoms. The van der Waals surface area contributed by atoms with Crippen LogP contribution in [0.25, 0.3) is 10.8 Å². The van der Waals surface area contributed by atoms with Crippen molar-refractivity contribution in [1.29, 1.82) is 0 Å². The number of rotatable bonds is 2. The molecule has 3 atom stereocenters. The van der Waals surface area contributed by atoms with E-state index >= 15 is 0 Å². The van der Waals surface area contributed by atoms with E-state index in [1.54, 1.807) is 16.8 Å². The number of aromatic nitrogens is 2. The zero-order valence-electron chi connectivity index (χ0n) is 15.4. The van der Waals surface area contributed by atoms with Crippen molar-refractivity contribution in [2.45, 2.75) is 18.4 Å². The van der Waals surface area contributed by atoms with Crippen LogP contribution in [0.1, 0.15) is 34.6 Å². The number of amides is 1. The molecule has 2 aliphatic heterocycles. The van der Waals surface area contributed by atoms with E-state index in [-0.39, 0.29) is 36.0 Å². The quantitative estimate of drug-likeness (QED) is 0.745. The summed E-state index contributed by atoms with van der Waals surface area (Å²) in [7, 11) is 0. The molecule has 1 saturated heterocycles. The molecule has 6 heteroatoms. The standard InChI is InChI=1S/C22H21N3O3/c26-13-20-17-8-16(19-6-3-7-21(27)25(19)20)11-24(12-17)22(28)18-9-14-4-1-2-5-15(14)10-23-18/h1-7,9-10,16-17,20,26H,8,11-13H2/t16-,17+,20+/m1/s1. The summed E-state index contributed by atoms with van der Waals surface area (Å²) in [5.74, 6) is 0.0597. The lowest BCUT2D eigenvalue weighted by Gasteiger charge is -2.46. The molecule has 2 aromatic heterocycles. The molecule has 4 heterocycles. The largest absolute Gasteiger partial charge is 0.394 e. The van der Waals surface area contributed by atoms with Crippen molar-refractivity contribution in [3.63, 3.8) is 0 Å². The average Bonchev–Trinajstić information content (AvgIpc) is 2.73. The van der Waals surface area contributed by atoms with Gasteiger partial charge in [0.2, 0.25) is 0 Å². The molecule has 1 N–H and O–H groups in total. The van der Waals surface area contributed by atoms with Crippen molar-refractivity contribution in [3.8, 4) is 0 Å². The molecule has 0 radical (unpaired) electrons. The molecule has 0 saturated carbocycles. The second-order valence-electron chi connectivity index (χ2n) is 7.73. The normalized spacial score (nSPS) is 23.5. The second kappa shape index (κ2) is 6.56. The molecular weight excluding hydrogens is 354 g/mol. The van der Waals surface area contributed by atoms with E-state index in [0.29, 0.717) is 18.8 Å². The Balaban J connectivity index is 1.49. The molecule has 1 aromatic carbocycles. The van der Waals surface area contributed by atoms with E-state index in [4.69, 9.17) is 0 Å². The maximum Gasteiger partial charge on any atom is 0.272 e. The number of hydrogen-bond donors (Lipinski definition) is 1. The molecule has 2 aliphatic rings. The van der Waals surface area contributed by atoms with Gasteiger partial charge in [0.1, 0.15) is 5.69 Å². The van der Waals surface area contributed by atoms with E-state index < -0.39 is 0 Å². The van der Waals surface area contributed by atoms with Crippen LogP contribution < -0.4 is 5.56 Å². The van der Waals surface area contributed by atoms with Gasteiger partial charge in [-0.15, -0.1) is 0 Å². The van der Waals surface area contributed by atoms with Gasteiger partial charge in [-0.3, -0.25) is 14.6 Å². The summed E-state index contributed by atoms with van der Waals surface area (Å²) in [6.07, 6.45) is 2.61. The first-order chi connectivity index (χ1) is 13.7. The van der Waals surface area contributed by atoms with Gasteiger partial charge in [-0.05, 0) is 23.9 Å². The van der Waals surface area contributed by atoms with Crippen molar-refractivity contribution in [3.05, 3.63) is 76.5 Å². The van der Waals surface area contributed by atoms with Gasteiger partial charge in [-0.1, -0.05) is 30.3 Å². The summed E-state index contributed by atoms with van der Waals surface area (Å²) in [5.41, 5.74) is 1.26. The zero-order valence-corrected chi connectivity index (χ0v) is 15.4. The van der Waals surface area contributed by atoms with Crippen LogP contribution in [0.5, 0.6) is 0 Å². The molecule has 5 rings (SSSR count). The van der Waals surface area contributed by atoms with Crippen LogP contribution in [0.4, 0.5) is 0 Å². The number of piperidine rings is 1. The Kier molecular flexibility index (Phi) is 4.02. The summed E-state index contributed by atoms with van der Waals surface area (Å²) in [5, 5.41) is 12.0. The third-order valence-electron chi connectivity index (χ3n) is 6.12. The number of likely N-dealkylation sites (tertiary alicyclic amines) is 1. The molecule has 2 bridgehead atoms. The van der Waals surface area contributed by atoms with E-state index in [9.17, 15) is 14.7 Å². The highest BCUT2D eigenvalue weighted by molar-refractivity contribution is 5.96. The lowest BCUT2D eigenvalue weighted by molar-refractivity contribution is 0.0433. The molecular formula is C22H21N3O3. The highest BCUT2D eigenvalue weighted by Gasteiger charge is 2.41. The van der Waals surface area contributed by atoms with Crippen LogP contribution in [0.15, 0.2) is 59.5 Å². The molecule has 3 aromatic rings. The Morgan fingerprint density at radius 3 is 2.75 bits per heavy atom. The third-order valence-corrected chi connectivity index (χ3v) is 6.12. The first kappa shape index (κ1) is 17.1. The number of fused-ring (bicyclic) bond motifs is 5. The summed E-state index contributed by atoms with van der Waals surface area (Å²) in [4.78, 5) is 31.8. The maximum atomic E-state index is 13.2. The molecule has 6 nitrogen and oxygen atoms in total. The highest BCUT2D eigenvalue weighted by Crippen LogP contribution is 2.41. The Labute approximate surface area is 162 Å². The van der Waals surface area contributed by atoms with E-state index in [2.05, 4.69) is 4.98 Å². The first-order valence-corrected chi connectivity index (χ1v) is 9.62. The lowest BCUT2D eigenvalue weighted by Crippen LogP contribution is -2.52. The fraction of sp³-hybridized carbons (Fsp3) is 0.318. The van der Waals surface area contributed by atoms with Gasteiger partial charge in [0.05, 0.1) is 12.6 Å². The predicted molar refractivity (Wildman–Crippen MR) is 105 cm³/mol. The average molecular weight is 375 g/mol.